The third-order valence-electron chi connectivity index (χ3n) is 7.39. The highest BCUT2D eigenvalue weighted by molar-refractivity contribution is 5.97. The van der Waals surface area contributed by atoms with Crippen LogP contribution in [0.2, 0.25) is 0 Å². The fraction of sp³-hybridized carbons (Fsp3) is 0.786. The monoisotopic (exact) mass is 505 g/mol. The Balaban J connectivity index is 0.000000338. The van der Waals surface area contributed by atoms with Gasteiger partial charge in [0.25, 0.3) is 0 Å². The van der Waals surface area contributed by atoms with Crippen LogP contribution in [0.25, 0.3) is 0 Å². The van der Waals surface area contributed by atoms with Gasteiger partial charge in [0.2, 0.25) is 5.91 Å². The molecule has 0 aliphatic carbocycles. The van der Waals surface area contributed by atoms with Crippen molar-refractivity contribution in [1.82, 2.24) is 20.1 Å². The molecule has 1 aromatic rings. The van der Waals surface area contributed by atoms with Gasteiger partial charge in [-0.3, -0.25) is 14.7 Å². The number of hydrogen-bond donors (Lipinski definition) is 1. The van der Waals surface area contributed by atoms with Crippen LogP contribution < -0.4 is 10.2 Å². The summed E-state index contributed by atoms with van der Waals surface area (Å²) in [5, 5.41) is 3.40. The predicted molar refractivity (Wildman–Crippen MR) is 144 cm³/mol. The Morgan fingerprint density at radius 1 is 1.25 bits per heavy atom. The first kappa shape index (κ1) is 29.0. The van der Waals surface area contributed by atoms with Crippen molar-refractivity contribution in [3.05, 3.63) is 23.5 Å². The van der Waals surface area contributed by atoms with Crippen LogP contribution in [0.3, 0.4) is 0 Å². The maximum absolute atomic E-state index is 15.1. The molecule has 1 aromatic heterocycles. The van der Waals surface area contributed by atoms with Crippen molar-refractivity contribution in [2.45, 2.75) is 90.6 Å². The van der Waals surface area contributed by atoms with Crippen LogP contribution in [0.5, 0.6) is 0 Å². The van der Waals surface area contributed by atoms with E-state index in [-0.39, 0.29) is 11.3 Å². The summed E-state index contributed by atoms with van der Waals surface area (Å²) in [6.45, 7) is 19.9. The topological polar surface area (TPSA) is 60.9 Å². The number of anilines is 1. The molecule has 0 aromatic carbocycles. The minimum atomic E-state index is -1.42. The van der Waals surface area contributed by atoms with Gasteiger partial charge in [0.05, 0.1) is 30.1 Å². The summed E-state index contributed by atoms with van der Waals surface area (Å²) in [6, 6.07) is 2.24. The minimum absolute atomic E-state index is 0.0749. The van der Waals surface area contributed by atoms with Gasteiger partial charge in [-0.15, -0.1) is 0 Å². The van der Waals surface area contributed by atoms with Crippen LogP contribution >= 0.6 is 0 Å². The molecule has 1 N–H and O–H groups in total. The van der Waals surface area contributed by atoms with Crippen molar-refractivity contribution in [2.24, 2.45) is 0 Å². The first-order valence-corrected chi connectivity index (χ1v) is 13.6. The highest BCUT2D eigenvalue weighted by Crippen LogP contribution is 2.42. The molecule has 0 saturated carbocycles. The van der Waals surface area contributed by atoms with Crippen LogP contribution in [-0.2, 0) is 20.6 Å². The molecule has 204 valence electrons. The van der Waals surface area contributed by atoms with Crippen molar-refractivity contribution < 1.29 is 13.9 Å². The molecule has 2 saturated heterocycles. The summed E-state index contributed by atoms with van der Waals surface area (Å²) in [5.74, 6) is 0.0749. The number of halogens is 1. The average Bonchev–Trinajstić information content (AvgIpc) is 3.04. The number of pyridine rings is 1. The lowest BCUT2D eigenvalue weighted by Crippen LogP contribution is -2.52. The normalized spacial score (nSPS) is 28.1. The second-order valence-corrected chi connectivity index (χ2v) is 12.0. The van der Waals surface area contributed by atoms with Gasteiger partial charge in [-0.05, 0) is 47.2 Å². The highest BCUT2D eigenvalue weighted by Gasteiger charge is 2.41. The zero-order valence-corrected chi connectivity index (χ0v) is 23.7. The highest BCUT2D eigenvalue weighted by atomic mass is 19.1. The molecular formula is C28H48FN5O2. The summed E-state index contributed by atoms with van der Waals surface area (Å²) in [7, 11) is 2.13. The summed E-state index contributed by atoms with van der Waals surface area (Å²) < 4.78 is 20.6. The van der Waals surface area contributed by atoms with E-state index in [0.717, 1.165) is 50.5 Å². The number of morpholine rings is 1. The fourth-order valence-corrected chi connectivity index (χ4v) is 5.72. The van der Waals surface area contributed by atoms with Crippen LogP contribution in [0, 0.1) is 0 Å². The van der Waals surface area contributed by atoms with E-state index in [2.05, 4.69) is 61.8 Å². The van der Waals surface area contributed by atoms with Crippen LogP contribution in [0.1, 0.15) is 72.6 Å². The molecule has 2 fully saturated rings. The van der Waals surface area contributed by atoms with E-state index in [4.69, 9.17) is 4.74 Å². The zero-order chi connectivity index (χ0) is 26.7. The molecule has 4 unspecified atom stereocenters. The van der Waals surface area contributed by atoms with E-state index in [1.54, 1.807) is 13.1 Å². The molecule has 4 atom stereocenters. The van der Waals surface area contributed by atoms with Crippen LogP contribution in [0.15, 0.2) is 12.3 Å². The number of carbonyl (C=O) groups excluding carboxylic acids is 1. The minimum Gasteiger partial charge on any atom is -0.373 e. The molecule has 1 amide bonds. The van der Waals surface area contributed by atoms with Gasteiger partial charge in [-0.1, -0.05) is 27.2 Å². The van der Waals surface area contributed by atoms with Crippen molar-refractivity contribution >= 4 is 11.6 Å². The molecule has 8 heteroatoms. The Labute approximate surface area is 217 Å². The summed E-state index contributed by atoms with van der Waals surface area (Å²) in [5.41, 5.74) is 0.588. The van der Waals surface area contributed by atoms with Crippen LogP contribution in [-0.4, -0.2) is 91.8 Å². The number of alkyl halides is 1. The Bertz CT molecular complexity index is 868. The maximum Gasteiger partial charge on any atom is 0.241 e. The van der Waals surface area contributed by atoms with E-state index < -0.39 is 5.67 Å². The van der Waals surface area contributed by atoms with Crippen LogP contribution in [0.4, 0.5) is 10.1 Å². The molecule has 3 aliphatic heterocycles. The van der Waals surface area contributed by atoms with E-state index in [1.807, 2.05) is 17.9 Å². The van der Waals surface area contributed by atoms with Crippen molar-refractivity contribution in [3.8, 4) is 0 Å². The lowest BCUT2D eigenvalue weighted by atomic mass is 9.89. The third kappa shape index (κ3) is 7.24. The quantitative estimate of drug-likeness (QED) is 0.658. The smallest absolute Gasteiger partial charge is 0.241 e. The number of fused-ring (bicyclic) bond motifs is 1. The number of rotatable bonds is 5. The van der Waals surface area contributed by atoms with Gasteiger partial charge in [-0.25, -0.2) is 4.39 Å². The first-order valence-electron chi connectivity index (χ1n) is 13.6. The van der Waals surface area contributed by atoms with Crippen molar-refractivity contribution in [3.63, 3.8) is 0 Å². The zero-order valence-electron chi connectivity index (χ0n) is 23.7. The number of hydrogen-bond acceptors (Lipinski definition) is 6. The number of nitrogens with zero attached hydrogens (tertiary/aromatic N) is 4. The lowest BCUT2D eigenvalue weighted by molar-refractivity contribution is -0.120. The van der Waals surface area contributed by atoms with E-state index in [9.17, 15) is 4.79 Å². The van der Waals surface area contributed by atoms with E-state index in [1.165, 1.54) is 0 Å². The van der Waals surface area contributed by atoms with Gasteiger partial charge in [0.1, 0.15) is 5.67 Å². The molecule has 7 nitrogen and oxygen atoms in total. The number of nitrogens with one attached hydrogen (secondary N) is 1. The van der Waals surface area contributed by atoms with Crippen molar-refractivity contribution in [1.29, 1.82) is 0 Å². The molecule has 0 radical (unpaired) electrons. The van der Waals surface area contributed by atoms with Gasteiger partial charge < -0.3 is 19.9 Å². The van der Waals surface area contributed by atoms with Gasteiger partial charge in [0, 0.05) is 62.5 Å². The molecule has 4 rings (SSSR count). The van der Waals surface area contributed by atoms with Crippen molar-refractivity contribution in [2.75, 3.05) is 57.8 Å². The predicted octanol–water partition coefficient (Wildman–Crippen LogP) is 3.71. The van der Waals surface area contributed by atoms with Gasteiger partial charge >= 0.3 is 0 Å². The number of carbonyl (C=O) groups is 1. The number of piperazine rings is 1. The van der Waals surface area contributed by atoms with E-state index >= 15 is 4.39 Å². The Hall–Kier alpha value is -1.61. The molecule has 3 aliphatic rings. The summed E-state index contributed by atoms with van der Waals surface area (Å²) in [6.07, 6.45) is 3.70. The van der Waals surface area contributed by atoms with Gasteiger partial charge in [0.15, 0.2) is 0 Å². The molecule has 36 heavy (non-hydrogen) atoms. The maximum atomic E-state index is 15.1. The largest absolute Gasteiger partial charge is 0.373 e. The van der Waals surface area contributed by atoms with Gasteiger partial charge in [-0.2, -0.15) is 0 Å². The average molecular weight is 506 g/mol. The Morgan fingerprint density at radius 2 is 1.92 bits per heavy atom. The fourth-order valence-electron chi connectivity index (χ4n) is 5.72. The number of amides is 1. The summed E-state index contributed by atoms with van der Waals surface area (Å²) in [4.78, 5) is 24.0. The lowest BCUT2D eigenvalue weighted by Gasteiger charge is -2.32. The Morgan fingerprint density at radius 3 is 2.50 bits per heavy atom. The molecule has 0 bridgehead atoms. The summed E-state index contributed by atoms with van der Waals surface area (Å²) >= 11 is 0. The number of aromatic nitrogens is 1. The standard InChI is InChI=1S/C21H33FN4O.C7H15NO/c1-6-7-21(5,22)16-10-17-19(24-11-16)20(3,4)14-26(17)18(27)13-25-9-8-23-15(2)12-25;1-6-4-8(3)5-7(2)9-6/h10-11,15,23H,6-9,12-14H2,1-5H3;6-7H,4-5H2,1-3H3. The number of likely N-dealkylation sites (N-methyl/N-ethyl adjacent to an activating group) is 1. The second kappa shape index (κ2) is 11.8. The first-order chi connectivity index (χ1) is 16.8. The van der Waals surface area contributed by atoms with E-state index in [0.29, 0.717) is 43.3 Å². The number of ether oxygens (including phenoxy) is 1. The Kier molecular flexibility index (Phi) is 9.52. The SMILES string of the molecule is CC1CN(C)CC(C)O1.CCCC(C)(F)c1cnc2c(c1)N(C(=O)CN1CCNC(C)C1)CC2(C)C. The third-order valence-corrected chi connectivity index (χ3v) is 7.39. The molecule has 0 spiro atoms. The second-order valence-electron chi connectivity index (χ2n) is 12.0. The molecular weight excluding hydrogens is 457 g/mol. The molecule has 4 heterocycles.